The molecule has 0 aromatic carbocycles. The fraction of sp³-hybridized carbons (Fsp3) is 0.917. The lowest BCUT2D eigenvalue weighted by molar-refractivity contribution is 0.0140. The van der Waals surface area contributed by atoms with Crippen LogP contribution in [0.4, 0.5) is 0 Å². The van der Waals surface area contributed by atoms with Crippen LogP contribution in [0.3, 0.4) is 0 Å². The van der Waals surface area contributed by atoms with Crippen LogP contribution in [0, 0.1) is 17.2 Å². The first-order chi connectivity index (χ1) is 6.83. The van der Waals surface area contributed by atoms with Gasteiger partial charge in [-0.05, 0) is 31.6 Å². The number of nitriles is 1. The van der Waals surface area contributed by atoms with E-state index in [-0.39, 0.29) is 0 Å². The fourth-order valence-corrected chi connectivity index (χ4v) is 2.09. The third-order valence-corrected chi connectivity index (χ3v) is 2.92. The summed E-state index contributed by atoms with van der Waals surface area (Å²) in [5.74, 6) is 0.841. The molecule has 0 amide bonds. The largest absolute Gasteiger partial charge is 0.378 e. The number of rotatable bonds is 5. The first-order valence-electron chi connectivity index (χ1n) is 5.81. The van der Waals surface area contributed by atoms with Crippen LogP contribution in [0.15, 0.2) is 0 Å². The maximum absolute atomic E-state index is 8.36. The molecule has 80 valence electrons. The summed E-state index contributed by atoms with van der Waals surface area (Å²) in [4.78, 5) is 0. The third-order valence-electron chi connectivity index (χ3n) is 2.92. The highest BCUT2D eigenvalue weighted by atomic mass is 16.5. The molecule has 0 heterocycles. The lowest BCUT2D eigenvalue weighted by Crippen LogP contribution is -2.21. The van der Waals surface area contributed by atoms with Gasteiger partial charge in [0.1, 0.15) is 0 Å². The van der Waals surface area contributed by atoms with Crippen molar-refractivity contribution in [2.24, 2.45) is 5.92 Å². The van der Waals surface area contributed by atoms with Crippen molar-refractivity contribution in [3.05, 3.63) is 0 Å². The molecule has 14 heavy (non-hydrogen) atoms. The van der Waals surface area contributed by atoms with Gasteiger partial charge in [-0.2, -0.15) is 5.26 Å². The van der Waals surface area contributed by atoms with Crippen molar-refractivity contribution in [1.29, 1.82) is 5.26 Å². The van der Waals surface area contributed by atoms with Crippen molar-refractivity contribution >= 4 is 0 Å². The summed E-state index contributed by atoms with van der Waals surface area (Å²) in [7, 11) is 0. The van der Waals surface area contributed by atoms with Crippen LogP contribution in [-0.2, 0) is 4.74 Å². The third kappa shape index (κ3) is 4.62. The second kappa shape index (κ2) is 6.84. The smallest absolute Gasteiger partial charge is 0.0621 e. The predicted octanol–water partition coefficient (Wildman–Crippen LogP) is 3.28. The Balaban J connectivity index is 1.98. The highest BCUT2D eigenvalue weighted by Gasteiger charge is 2.18. The van der Waals surface area contributed by atoms with E-state index in [0.29, 0.717) is 12.5 Å². The van der Waals surface area contributed by atoms with E-state index in [9.17, 15) is 0 Å². The van der Waals surface area contributed by atoms with Crippen molar-refractivity contribution in [3.8, 4) is 6.07 Å². The van der Waals surface area contributed by atoms with E-state index in [2.05, 4.69) is 13.0 Å². The van der Waals surface area contributed by atoms with Crippen LogP contribution in [0.5, 0.6) is 0 Å². The van der Waals surface area contributed by atoms with Gasteiger partial charge in [0.15, 0.2) is 0 Å². The van der Waals surface area contributed by atoms with Crippen LogP contribution >= 0.6 is 0 Å². The SMILES string of the molecule is CC1CCCC(OCCCCC#N)C1. The molecular weight excluding hydrogens is 174 g/mol. The molecule has 2 unspecified atom stereocenters. The van der Waals surface area contributed by atoms with E-state index >= 15 is 0 Å². The average Bonchev–Trinajstić information content (AvgIpc) is 2.18. The molecule has 0 aliphatic heterocycles. The zero-order valence-corrected chi connectivity index (χ0v) is 9.17. The Hall–Kier alpha value is -0.550. The van der Waals surface area contributed by atoms with E-state index < -0.39 is 0 Å². The second-order valence-electron chi connectivity index (χ2n) is 4.38. The van der Waals surface area contributed by atoms with Crippen LogP contribution in [0.25, 0.3) is 0 Å². The Kier molecular flexibility index (Phi) is 5.63. The molecule has 0 aromatic heterocycles. The van der Waals surface area contributed by atoms with Crippen molar-refractivity contribution < 1.29 is 4.74 Å². The first-order valence-corrected chi connectivity index (χ1v) is 5.81. The Bertz CT molecular complexity index is 185. The summed E-state index contributed by atoms with van der Waals surface area (Å²) in [5, 5.41) is 8.36. The van der Waals surface area contributed by atoms with Crippen molar-refractivity contribution in [2.75, 3.05) is 6.61 Å². The van der Waals surface area contributed by atoms with Gasteiger partial charge in [-0.3, -0.25) is 0 Å². The Labute approximate surface area is 87.3 Å². The molecule has 1 fully saturated rings. The number of unbranched alkanes of at least 4 members (excludes halogenated alkanes) is 2. The van der Waals surface area contributed by atoms with Gasteiger partial charge in [-0.1, -0.05) is 19.8 Å². The maximum atomic E-state index is 8.36. The minimum atomic E-state index is 0.501. The number of hydrogen-bond acceptors (Lipinski definition) is 2. The van der Waals surface area contributed by atoms with E-state index in [4.69, 9.17) is 10.00 Å². The second-order valence-corrected chi connectivity index (χ2v) is 4.38. The van der Waals surface area contributed by atoms with Crippen molar-refractivity contribution in [2.45, 2.75) is 58.0 Å². The quantitative estimate of drug-likeness (QED) is 0.631. The van der Waals surface area contributed by atoms with Gasteiger partial charge in [-0.15, -0.1) is 0 Å². The predicted molar refractivity (Wildman–Crippen MR) is 56.8 cm³/mol. The van der Waals surface area contributed by atoms with Crippen LogP contribution in [-0.4, -0.2) is 12.7 Å². The van der Waals surface area contributed by atoms with Gasteiger partial charge in [-0.25, -0.2) is 0 Å². The number of ether oxygens (including phenoxy) is 1. The summed E-state index contributed by atoms with van der Waals surface area (Å²) < 4.78 is 5.79. The lowest BCUT2D eigenvalue weighted by Gasteiger charge is -2.26. The van der Waals surface area contributed by atoms with Crippen molar-refractivity contribution in [1.82, 2.24) is 0 Å². The summed E-state index contributed by atoms with van der Waals surface area (Å²) in [6.45, 7) is 3.16. The van der Waals surface area contributed by atoms with Crippen LogP contribution in [0.1, 0.15) is 51.9 Å². The monoisotopic (exact) mass is 195 g/mol. The van der Waals surface area contributed by atoms with Gasteiger partial charge >= 0.3 is 0 Å². The Morgan fingerprint density at radius 2 is 2.21 bits per heavy atom. The minimum Gasteiger partial charge on any atom is -0.378 e. The summed E-state index contributed by atoms with van der Waals surface area (Å²) in [5.41, 5.74) is 0. The van der Waals surface area contributed by atoms with Gasteiger partial charge in [0.25, 0.3) is 0 Å². The van der Waals surface area contributed by atoms with Gasteiger partial charge < -0.3 is 4.74 Å². The molecule has 1 rings (SSSR count). The minimum absolute atomic E-state index is 0.501. The molecule has 1 saturated carbocycles. The number of nitrogens with zero attached hydrogens (tertiary/aromatic N) is 1. The van der Waals surface area contributed by atoms with Gasteiger partial charge in [0.05, 0.1) is 12.2 Å². The zero-order chi connectivity index (χ0) is 10.2. The summed E-state index contributed by atoms with van der Waals surface area (Å²) >= 11 is 0. The molecule has 1 aliphatic carbocycles. The molecule has 1 aliphatic rings. The molecule has 0 radical (unpaired) electrons. The molecule has 0 N–H and O–H groups in total. The van der Waals surface area contributed by atoms with E-state index in [1.807, 2.05) is 0 Å². The standard InChI is InChI=1S/C12H21NO/c1-11-6-5-7-12(10-11)14-9-4-2-3-8-13/h11-12H,2-7,9-10H2,1H3. The van der Waals surface area contributed by atoms with E-state index in [0.717, 1.165) is 25.4 Å². The normalized spacial score (nSPS) is 27.1. The maximum Gasteiger partial charge on any atom is 0.0621 e. The molecular formula is C12H21NO. The fourth-order valence-electron chi connectivity index (χ4n) is 2.09. The Morgan fingerprint density at radius 1 is 1.36 bits per heavy atom. The van der Waals surface area contributed by atoms with E-state index in [1.54, 1.807) is 0 Å². The summed E-state index contributed by atoms with van der Waals surface area (Å²) in [6, 6.07) is 2.16. The summed E-state index contributed by atoms with van der Waals surface area (Å²) in [6.07, 6.45) is 8.36. The molecule has 2 nitrogen and oxygen atoms in total. The lowest BCUT2D eigenvalue weighted by atomic mass is 9.89. The highest BCUT2D eigenvalue weighted by Crippen LogP contribution is 2.25. The molecule has 2 heteroatoms. The molecule has 0 aromatic rings. The molecule has 0 saturated heterocycles. The van der Waals surface area contributed by atoms with Crippen LogP contribution in [0.2, 0.25) is 0 Å². The zero-order valence-electron chi connectivity index (χ0n) is 9.17. The first kappa shape index (κ1) is 11.5. The molecule has 0 bridgehead atoms. The average molecular weight is 195 g/mol. The number of hydrogen-bond donors (Lipinski definition) is 0. The molecule has 2 atom stereocenters. The molecule has 0 spiro atoms. The highest BCUT2D eigenvalue weighted by molar-refractivity contribution is 4.71. The Morgan fingerprint density at radius 3 is 2.93 bits per heavy atom. The topological polar surface area (TPSA) is 33.0 Å². The van der Waals surface area contributed by atoms with Gasteiger partial charge in [0, 0.05) is 13.0 Å². The van der Waals surface area contributed by atoms with Crippen LogP contribution < -0.4 is 0 Å². The van der Waals surface area contributed by atoms with E-state index in [1.165, 1.54) is 25.7 Å². The van der Waals surface area contributed by atoms with Crippen molar-refractivity contribution in [3.63, 3.8) is 0 Å². The van der Waals surface area contributed by atoms with Gasteiger partial charge in [0.2, 0.25) is 0 Å².